The normalized spacial score (nSPS) is 9.97. The third kappa shape index (κ3) is 8.44. The summed E-state index contributed by atoms with van der Waals surface area (Å²) in [5.41, 5.74) is 1.28. The molecule has 9 heteroatoms. The fourth-order valence-electron chi connectivity index (χ4n) is 2.18. The summed E-state index contributed by atoms with van der Waals surface area (Å²) in [6, 6.07) is 14.8. The summed E-state index contributed by atoms with van der Waals surface area (Å²) in [4.78, 5) is 46.8. The number of carbonyl (C=O) groups is 4. The Hall–Kier alpha value is -3.39. The molecule has 0 spiro atoms. The van der Waals surface area contributed by atoms with Gasteiger partial charge in [0.15, 0.2) is 6.61 Å². The van der Waals surface area contributed by atoms with E-state index in [0.717, 1.165) is 5.56 Å². The Balaban J connectivity index is 1.59. The lowest BCUT2D eigenvalue weighted by Gasteiger charge is -2.08. The number of nitrogens with one attached hydrogen (secondary N) is 3. The summed E-state index contributed by atoms with van der Waals surface area (Å²) in [5, 5.41) is 7.64. The number of urea groups is 1. The number of halogens is 1. The highest BCUT2D eigenvalue weighted by atomic mass is 35.5. The van der Waals surface area contributed by atoms with Crippen LogP contribution >= 0.6 is 11.6 Å². The summed E-state index contributed by atoms with van der Waals surface area (Å²) < 4.78 is 4.77. The van der Waals surface area contributed by atoms with Gasteiger partial charge in [-0.2, -0.15) is 0 Å². The second-order valence-electron chi connectivity index (χ2n) is 5.89. The second-order valence-corrected chi connectivity index (χ2v) is 6.33. The zero-order valence-corrected chi connectivity index (χ0v) is 16.2. The van der Waals surface area contributed by atoms with Crippen molar-refractivity contribution >= 4 is 35.4 Å². The predicted molar refractivity (Wildman–Crippen MR) is 106 cm³/mol. The Labute approximate surface area is 172 Å². The summed E-state index contributed by atoms with van der Waals surface area (Å²) in [5.74, 6) is -1.79. The van der Waals surface area contributed by atoms with E-state index in [1.807, 2.05) is 30.3 Å². The highest BCUT2D eigenvalue weighted by molar-refractivity contribution is 6.30. The number of imide groups is 1. The molecule has 2 rings (SSSR count). The molecule has 8 nitrogen and oxygen atoms in total. The van der Waals surface area contributed by atoms with Gasteiger partial charge >= 0.3 is 12.0 Å². The number of ether oxygens (including phenoxy) is 1. The fraction of sp³-hybridized carbons (Fsp3) is 0.200. The van der Waals surface area contributed by atoms with Crippen LogP contribution in [0.2, 0.25) is 5.02 Å². The molecule has 0 unspecified atom stereocenters. The quantitative estimate of drug-likeness (QED) is 0.569. The zero-order chi connectivity index (χ0) is 21.1. The monoisotopic (exact) mass is 417 g/mol. The lowest BCUT2D eigenvalue weighted by molar-refractivity contribution is -0.148. The standard InChI is InChI=1S/C20H20ClN3O5/c21-16-8-6-15(7-9-16)19(27)22-11-10-18(26)29-13-17(25)24-20(28)23-12-14-4-2-1-3-5-14/h1-9H,10-13H2,(H,22,27)(H2,23,24,25,28). The van der Waals surface area contributed by atoms with Crippen molar-refractivity contribution in [3.63, 3.8) is 0 Å². The number of rotatable bonds is 8. The van der Waals surface area contributed by atoms with Crippen LogP contribution in [0.3, 0.4) is 0 Å². The lowest BCUT2D eigenvalue weighted by atomic mass is 10.2. The van der Waals surface area contributed by atoms with Gasteiger partial charge < -0.3 is 15.4 Å². The van der Waals surface area contributed by atoms with Gasteiger partial charge in [-0.25, -0.2) is 4.79 Å². The molecule has 0 radical (unpaired) electrons. The molecule has 4 amide bonds. The van der Waals surface area contributed by atoms with Crippen molar-refractivity contribution in [3.8, 4) is 0 Å². The van der Waals surface area contributed by atoms with Crippen LogP contribution in [0.4, 0.5) is 4.79 Å². The van der Waals surface area contributed by atoms with Crippen molar-refractivity contribution < 1.29 is 23.9 Å². The van der Waals surface area contributed by atoms with Crippen LogP contribution in [-0.2, 0) is 20.9 Å². The predicted octanol–water partition coefficient (Wildman–Crippen LogP) is 2.03. The molecule has 3 N–H and O–H groups in total. The van der Waals surface area contributed by atoms with Crippen LogP contribution in [0.5, 0.6) is 0 Å². The lowest BCUT2D eigenvalue weighted by Crippen LogP contribution is -2.41. The van der Waals surface area contributed by atoms with E-state index in [2.05, 4.69) is 16.0 Å². The van der Waals surface area contributed by atoms with Crippen molar-refractivity contribution in [2.45, 2.75) is 13.0 Å². The van der Waals surface area contributed by atoms with Crippen LogP contribution in [-0.4, -0.2) is 37.0 Å². The van der Waals surface area contributed by atoms with Gasteiger partial charge in [-0.1, -0.05) is 41.9 Å². The largest absolute Gasteiger partial charge is 0.456 e. The molecule has 0 heterocycles. The Kier molecular flexibility index (Phi) is 8.65. The SMILES string of the molecule is O=C(COC(=O)CCNC(=O)c1ccc(Cl)cc1)NC(=O)NCc1ccccc1. The van der Waals surface area contributed by atoms with Gasteiger partial charge in [0.1, 0.15) is 0 Å². The molecule has 0 bridgehead atoms. The maximum Gasteiger partial charge on any atom is 0.321 e. The molecule has 0 aliphatic carbocycles. The topological polar surface area (TPSA) is 114 Å². The van der Waals surface area contributed by atoms with Crippen molar-refractivity contribution in [1.29, 1.82) is 0 Å². The first kappa shape index (κ1) is 21.9. The minimum absolute atomic E-state index is 0.0411. The number of hydrogen-bond acceptors (Lipinski definition) is 5. The summed E-state index contributed by atoms with van der Waals surface area (Å²) in [6.07, 6.45) is -0.118. The van der Waals surface area contributed by atoms with Gasteiger partial charge in [0.25, 0.3) is 11.8 Å². The molecule has 0 saturated heterocycles. The first-order chi connectivity index (χ1) is 13.9. The first-order valence-electron chi connectivity index (χ1n) is 8.75. The zero-order valence-electron chi connectivity index (χ0n) is 15.4. The summed E-state index contributed by atoms with van der Waals surface area (Å²) in [7, 11) is 0. The minimum Gasteiger partial charge on any atom is -0.456 e. The van der Waals surface area contributed by atoms with E-state index in [1.54, 1.807) is 24.3 Å². The third-order valence-corrected chi connectivity index (χ3v) is 3.89. The number of benzene rings is 2. The molecular formula is C20H20ClN3O5. The van der Waals surface area contributed by atoms with Gasteiger partial charge in [-0.05, 0) is 29.8 Å². The minimum atomic E-state index is -0.755. The third-order valence-electron chi connectivity index (χ3n) is 3.63. The van der Waals surface area contributed by atoms with E-state index in [4.69, 9.17) is 16.3 Å². The average molecular weight is 418 g/mol. The Bertz CT molecular complexity index is 856. The highest BCUT2D eigenvalue weighted by Gasteiger charge is 2.12. The van der Waals surface area contributed by atoms with Crippen LogP contribution < -0.4 is 16.0 Å². The van der Waals surface area contributed by atoms with Gasteiger partial charge in [0, 0.05) is 23.7 Å². The molecule has 0 fully saturated rings. The van der Waals surface area contributed by atoms with Crippen molar-refractivity contribution in [1.82, 2.24) is 16.0 Å². The van der Waals surface area contributed by atoms with E-state index in [-0.39, 0.29) is 25.4 Å². The maximum atomic E-state index is 11.9. The van der Waals surface area contributed by atoms with E-state index < -0.39 is 24.5 Å². The molecular weight excluding hydrogens is 398 g/mol. The van der Waals surface area contributed by atoms with E-state index in [0.29, 0.717) is 10.6 Å². The van der Waals surface area contributed by atoms with Gasteiger partial charge in [0.05, 0.1) is 6.42 Å². The second kappa shape index (κ2) is 11.5. The molecule has 0 aliphatic rings. The number of esters is 1. The molecule has 2 aromatic carbocycles. The van der Waals surface area contributed by atoms with E-state index in [1.165, 1.54) is 0 Å². The average Bonchev–Trinajstić information content (AvgIpc) is 2.72. The Morgan fingerprint density at radius 1 is 0.897 bits per heavy atom. The number of hydrogen-bond donors (Lipinski definition) is 3. The van der Waals surface area contributed by atoms with Crippen molar-refractivity contribution in [3.05, 3.63) is 70.7 Å². The van der Waals surface area contributed by atoms with Crippen LogP contribution in [0.15, 0.2) is 54.6 Å². The Morgan fingerprint density at radius 2 is 1.59 bits per heavy atom. The van der Waals surface area contributed by atoms with E-state index in [9.17, 15) is 19.2 Å². The molecule has 2 aromatic rings. The molecule has 152 valence electrons. The van der Waals surface area contributed by atoms with Crippen LogP contribution in [0.1, 0.15) is 22.3 Å². The van der Waals surface area contributed by atoms with Crippen molar-refractivity contribution in [2.24, 2.45) is 0 Å². The summed E-state index contributed by atoms with van der Waals surface area (Å²) in [6.45, 7) is -0.296. The van der Waals surface area contributed by atoms with Crippen LogP contribution in [0.25, 0.3) is 0 Å². The molecule has 0 atom stereocenters. The van der Waals surface area contributed by atoms with Gasteiger partial charge in [-0.15, -0.1) is 0 Å². The molecule has 0 aliphatic heterocycles. The summed E-state index contributed by atoms with van der Waals surface area (Å²) >= 11 is 5.75. The Morgan fingerprint density at radius 3 is 2.28 bits per heavy atom. The number of carbonyl (C=O) groups excluding carboxylic acids is 4. The molecule has 0 aromatic heterocycles. The van der Waals surface area contributed by atoms with Gasteiger partial charge in [0.2, 0.25) is 0 Å². The maximum absolute atomic E-state index is 11.9. The fourth-order valence-corrected chi connectivity index (χ4v) is 2.31. The van der Waals surface area contributed by atoms with Crippen LogP contribution in [0, 0.1) is 0 Å². The molecule has 29 heavy (non-hydrogen) atoms. The molecule has 0 saturated carbocycles. The first-order valence-corrected chi connectivity index (χ1v) is 9.13. The number of amides is 4. The smallest absolute Gasteiger partial charge is 0.321 e. The van der Waals surface area contributed by atoms with E-state index >= 15 is 0 Å². The van der Waals surface area contributed by atoms with Gasteiger partial charge in [-0.3, -0.25) is 19.7 Å². The highest BCUT2D eigenvalue weighted by Crippen LogP contribution is 2.09. The van der Waals surface area contributed by atoms with Crippen molar-refractivity contribution in [2.75, 3.05) is 13.2 Å².